The van der Waals surface area contributed by atoms with Gasteiger partial charge in [0.15, 0.2) is 0 Å². The maximum absolute atomic E-state index is 7.67. The van der Waals surface area contributed by atoms with E-state index in [1.807, 2.05) is 0 Å². The number of amidine groups is 1. The molecule has 3 N–H and O–H groups in total. The van der Waals surface area contributed by atoms with Crippen LogP contribution in [0.4, 0.5) is 0 Å². The van der Waals surface area contributed by atoms with Crippen molar-refractivity contribution in [1.82, 2.24) is 14.8 Å². The Morgan fingerprint density at radius 1 is 1.19 bits per heavy atom. The van der Waals surface area contributed by atoms with Gasteiger partial charge in [0, 0.05) is 39.1 Å². The van der Waals surface area contributed by atoms with Crippen LogP contribution < -0.4 is 5.73 Å². The number of piperazine rings is 1. The zero-order valence-corrected chi connectivity index (χ0v) is 14.0. The standard InChI is InChI=1S/C15H27N5S/c1-3-5-12-14(15(16)17)21-13(18-12)6-7-20-10-8-19(4-2)9-11-20/h3-11H2,1-2H3,(H3,16,17). The monoisotopic (exact) mass is 309 g/mol. The third-order valence-electron chi connectivity index (χ3n) is 4.03. The van der Waals surface area contributed by atoms with E-state index in [0.717, 1.165) is 61.0 Å². The number of rotatable bonds is 7. The van der Waals surface area contributed by atoms with Gasteiger partial charge < -0.3 is 15.5 Å². The Morgan fingerprint density at radius 3 is 2.43 bits per heavy atom. The van der Waals surface area contributed by atoms with E-state index in [-0.39, 0.29) is 5.84 Å². The molecule has 1 aromatic heterocycles. The van der Waals surface area contributed by atoms with E-state index in [2.05, 4.69) is 23.6 Å². The Kier molecular flexibility index (Phi) is 6.14. The smallest absolute Gasteiger partial charge is 0.135 e. The molecule has 0 aromatic carbocycles. The van der Waals surface area contributed by atoms with Gasteiger partial charge >= 0.3 is 0 Å². The number of thiazole rings is 1. The molecular weight excluding hydrogens is 282 g/mol. The quantitative estimate of drug-likeness (QED) is 0.592. The Labute approximate surface area is 131 Å². The number of nitrogens with zero attached hydrogens (tertiary/aromatic N) is 3. The Bertz CT molecular complexity index is 463. The number of aromatic nitrogens is 1. The van der Waals surface area contributed by atoms with Crippen LogP contribution >= 0.6 is 11.3 Å². The van der Waals surface area contributed by atoms with Crippen LogP contribution in [0.15, 0.2) is 0 Å². The van der Waals surface area contributed by atoms with E-state index < -0.39 is 0 Å². The van der Waals surface area contributed by atoms with Crippen LogP contribution in [-0.4, -0.2) is 59.9 Å². The minimum absolute atomic E-state index is 0.166. The van der Waals surface area contributed by atoms with Gasteiger partial charge in [-0.25, -0.2) is 4.98 Å². The maximum atomic E-state index is 7.67. The number of likely N-dealkylation sites (N-methyl/N-ethyl adjacent to an activating group) is 1. The van der Waals surface area contributed by atoms with Gasteiger partial charge in [-0.1, -0.05) is 20.3 Å². The lowest BCUT2D eigenvalue weighted by Gasteiger charge is -2.33. The van der Waals surface area contributed by atoms with Gasteiger partial charge in [-0.2, -0.15) is 0 Å². The first kappa shape index (κ1) is 16.4. The summed E-state index contributed by atoms with van der Waals surface area (Å²) in [4.78, 5) is 10.6. The molecule has 0 unspecified atom stereocenters. The maximum Gasteiger partial charge on any atom is 0.135 e. The third kappa shape index (κ3) is 4.49. The molecule has 0 saturated carbocycles. The summed E-state index contributed by atoms with van der Waals surface area (Å²) in [5, 5.41) is 8.80. The van der Waals surface area contributed by atoms with Crippen LogP contribution in [0.1, 0.15) is 35.8 Å². The predicted molar refractivity (Wildman–Crippen MR) is 89.4 cm³/mol. The molecule has 0 atom stereocenters. The van der Waals surface area contributed by atoms with Crippen molar-refractivity contribution in [2.24, 2.45) is 5.73 Å². The minimum atomic E-state index is 0.166. The summed E-state index contributed by atoms with van der Waals surface area (Å²) in [6.45, 7) is 11.2. The highest BCUT2D eigenvalue weighted by Gasteiger charge is 2.17. The molecule has 1 fully saturated rings. The number of hydrogen-bond acceptors (Lipinski definition) is 5. The second-order valence-electron chi connectivity index (χ2n) is 5.57. The summed E-state index contributed by atoms with van der Waals surface area (Å²) in [5.74, 6) is 0.166. The fourth-order valence-electron chi connectivity index (χ4n) is 2.71. The first-order valence-corrected chi connectivity index (χ1v) is 8.73. The van der Waals surface area contributed by atoms with Gasteiger partial charge in [-0.15, -0.1) is 11.3 Å². The molecule has 118 valence electrons. The van der Waals surface area contributed by atoms with Crippen molar-refractivity contribution in [1.29, 1.82) is 5.41 Å². The molecule has 0 amide bonds. The van der Waals surface area contributed by atoms with Crippen LogP contribution in [0.5, 0.6) is 0 Å². The Hall–Kier alpha value is -0.980. The van der Waals surface area contributed by atoms with Crippen molar-refractivity contribution in [3.05, 3.63) is 15.6 Å². The van der Waals surface area contributed by atoms with E-state index in [9.17, 15) is 0 Å². The van der Waals surface area contributed by atoms with E-state index >= 15 is 0 Å². The fourth-order valence-corrected chi connectivity index (χ4v) is 3.67. The molecule has 1 saturated heterocycles. The third-order valence-corrected chi connectivity index (χ3v) is 5.22. The average Bonchev–Trinajstić information content (AvgIpc) is 2.89. The summed E-state index contributed by atoms with van der Waals surface area (Å²) >= 11 is 1.60. The largest absolute Gasteiger partial charge is 0.383 e. The lowest BCUT2D eigenvalue weighted by molar-refractivity contribution is 0.138. The number of nitrogens with two attached hydrogens (primary N) is 1. The topological polar surface area (TPSA) is 69.2 Å². The average molecular weight is 309 g/mol. The van der Waals surface area contributed by atoms with Gasteiger partial charge in [-0.3, -0.25) is 5.41 Å². The van der Waals surface area contributed by atoms with Crippen molar-refractivity contribution in [3.8, 4) is 0 Å². The van der Waals surface area contributed by atoms with Gasteiger partial charge in [0.1, 0.15) is 5.84 Å². The zero-order valence-electron chi connectivity index (χ0n) is 13.2. The summed E-state index contributed by atoms with van der Waals surface area (Å²) in [6.07, 6.45) is 2.93. The fraction of sp³-hybridized carbons (Fsp3) is 0.733. The van der Waals surface area contributed by atoms with Crippen molar-refractivity contribution in [3.63, 3.8) is 0 Å². The number of nitrogen functional groups attached to an aromatic ring is 1. The molecule has 2 heterocycles. The summed E-state index contributed by atoms with van der Waals surface area (Å²) in [6, 6.07) is 0. The highest BCUT2D eigenvalue weighted by Crippen LogP contribution is 2.20. The minimum Gasteiger partial charge on any atom is -0.383 e. The zero-order chi connectivity index (χ0) is 15.2. The Balaban J connectivity index is 1.88. The van der Waals surface area contributed by atoms with E-state index in [4.69, 9.17) is 16.1 Å². The summed E-state index contributed by atoms with van der Waals surface area (Å²) in [7, 11) is 0. The van der Waals surface area contributed by atoms with Crippen LogP contribution in [0.25, 0.3) is 0 Å². The van der Waals surface area contributed by atoms with Gasteiger partial charge in [-0.05, 0) is 13.0 Å². The molecule has 5 nitrogen and oxygen atoms in total. The lowest BCUT2D eigenvalue weighted by atomic mass is 10.2. The van der Waals surface area contributed by atoms with Crippen LogP contribution in [0.3, 0.4) is 0 Å². The molecule has 1 aliphatic rings. The second kappa shape index (κ2) is 7.87. The molecule has 0 spiro atoms. The van der Waals surface area contributed by atoms with Crippen molar-refractivity contribution < 1.29 is 0 Å². The van der Waals surface area contributed by atoms with Crippen LogP contribution in [0, 0.1) is 5.41 Å². The van der Waals surface area contributed by atoms with Crippen molar-refractivity contribution >= 4 is 17.2 Å². The number of nitrogens with one attached hydrogen (secondary N) is 1. The van der Waals surface area contributed by atoms with Gasteiger partial charge in [0.05, 0.1) is 15.6 Å². The van der Waals surface area contributed by atoms with E-state index in [0.29, 0.717) is 0 Å². The molecule has 1 aromatic rings. The van der Waals surface area contributed by atoms with E-state index in [1.165, 1.54) is 13.1 Å². The molecule has 1 aliphatic heterocycles. The van der Waals surface area contributed by atoms with Crippen molar-refractivity contribution in [2.75, 3.05) is 39.3 Å². The van der Waals surface area contributed by atoms with E-state index in [1.54, 1.807) is 11.3 Å². The predicted octanol–water partition coefficient (Wildman–Crippen LogP) is 1.56. The highest BCUT2D eigenvalue weighted by molar-refractivity contribution is 7.13. The van der Waals surface area contributed by atoms with Gasteiger partial charge in [0.25, 0.3) is 0 Å². The summed E-state index contributed by atoms with van der Waals surface area (Å²) < 4.78 is 0. The number of aryl methyl sites for hydroxylation is 1. The molecule has 21 heavy (non-hydrogen) atoms. The normalized spacial score (nSPS) is 17.2. The Morgan fingerprint density at radius 2 is 1.86 bits per heavy atom. The molecule has 0 aliphatic carbocycles. The number of hydrogen-bond donors (Lipinski definition) is 2. The summed E-state index contributed by atoms with van der Waals surface area (Å²) in [5.41, 5.74) is 6.68. The van der Waals surface area contributed by atoms with Crippen LogP contribution in [-0.2, 0) is 12.8 Å². The lowest BCUT2D eigenvalue weighted by Crippen LogP contribution is -2.46. The molecular formula is C15H27N5S. The first-order chi connectivity index (χ1) is 10.1. The molecule has 2 rings (SSSR count). The van der Waals surface area contributed by atoms with Gasteiger partial charge in [0.2, 0.25) is 0 Å². The molecule has 6 heteroatoms. The highest BCUT2D eigenvalue weighted by atomic mass is 32.1. The van der Waals surface area contributed by atoms with Crippen molar-refractivity contribution in [2.45, 2.75) is 33.1 Å². The molecule has 0 radical (unpaired) electrons. The SMILES string of the molecule is CCCc1nc(CCN2CCN(CC)CC2)sc1C(=N)N. The molecule has 0 bridgehead atoms. The first-order valence-electron chi connectivity index (χ1n) is 7.91. The second-order valence-corrected chi connectivity index (χ2v) is 6.66. The van der Waals surface area contributed by atoms with Crippen LogP contribution in [0.2, 0.25) is 0 Å².